The Morgan fingerprint density at radius 2 is 1.72 bits per heavy atom. The van der Waals surface area contributed by atoms with Gasteiger partial charge in [0.1, 0.15) is 0 Å². The van der Waals surface area contributed by atoms with Gasteiger partial charge in [0, 0.05) is 25.0 Å². The van der Waals surface area contributed by atoms with Gasteiger partial charge < -0.3 is 5.32 Å². The highest BCUT2D eigenvalue weighted by molar-refractivity contribution is 6.21. The first-order chi connectivity index (χ1) is 12.1. The molecule has 0 radical (unpaired) electrons. The van der Waals surface area contributed by atoms with Gasteiger partial charge in [-0.2, -0.15) is 0 Å². The van der Waals surface area contributed by atoms with Crippen molar-refractivity contribution in [2.24, 2.45) is 0 Å². The van der Waals surface area contributed by atoms with Crippen molar-refractivity contribution in [2.75, 3.05) is 13.1 Å². The van der Waals surface area contributed by atoms with Crippen molar-refractivity contribution >= 4 is 17.7 Å². The van der Waals surface area contributed by atoms with Crippen LogP contribution in [-0.2, 0) is 0 Å². The Balaban J connectivity index is 1.44. The van der Waals surface area contributed by atoms with Gasteiger partial charge in [0.15, 0.2) is 0 Å². The number of aryl methyl sites for hydroxylation is 1. The van der Waals surface area contributed by atoms with Crippen LogP contribution in [-0.4, -0.2) is 40.7 Å². The lowest BCUT2D eigenvalue weighted by atomic mass is 10.1. The second-order valence-electron chi connectivity index (χ2n) is 5.96. The summed E-state index contributed by atoms with van der Waals surface area (Å²) in [5.41, 5.74) is 2.31. The molecule has 128 valence electrons. The van der Waals surface area contributed by atoms with Crippen molar-refractivity contribution in [3.05, 3.63) is 65.0 Å². The van der Waals surface area contributed by atoms with Crippen LogP contribution in [0.2, 0.25) is 0 Å². The average Bonchev–Trinajstić information content (AvgIpc) is 2.87. The molecule has 0 saturated heterocycles. The average molecular weight is 337 g/mol. The number of nitrogens with zero attached hydrogens (tertiary/aromatic N) is 2. The molecule has 3 rings (SSSR count). The molecular formula is C19H19N3O3. The van der Waals surface area contributed by atoms with Gasteiger partial charge >= 0.3 is 0 Å². The van der Waals surface area contributed by atoms with Gasteiger partial charge in [0.05, 0.1) is 16.7 Å². The summed E-state index contributed by atoms with van der Waals surface area (Å²) in [6, 6.07) is 10.4. The molecule has 0 bridgehead atoms. The summed E-state index contributed by atoms with van der Waals surface area (Å²) in [7, 11) is 0. The van der Waals surface area contributed by atoms with Crippen molar-refractivity contribution in [1.29, 1.82) is 0 Å². The number of amides is 3. The maximum Gasteiger partial charge on any atom is 0.261 e. The van der Waals surface area contributed by atoms with Crippen molar-refractivity contribution in [3.63, 3.8) is 0 Å². The van der Waals surface area contributed by atoms with E-state index < -0.39 is 0 Å². The molecule has 1 aliphatic heterocycles. The molecule has 0 fully saturated rings. The Kier molecular flexibility index (Phi) is 4.88. The van der Waals surface area contributed by atoms with Crippen molar-refractivity contribution in [3.8, 4) is 0 Å². The fourth-order valence-corrected chi connectivity index (χ4v) is 2.74. The molecule has 0 unspecified atom stereocenters. The normalized spacial score (nSPS) is 13.1. The van der Waals surface area contributed by atoms with Crippen molar-refractivity contribution in [2.45, 2.75) is 19.8 Å². The van der Waals surface area contributed by atoms with E-state index in [4.69, 9.17) is 0 Å². The SMILES string of the molecule is Cc1ccc(C(=O)NCCCCN2C(=O)c3ccccc3C2=O)cn1. The van der Waals surface area contributed by atoms with Crippen LogP contribution in [0.15, 0.2) is 42.6 Å². The molecule has 1 aliphatic rings. The number of nitrogens with one attached hydrogen (secondary N) is 1. The van der Waals surface area contributed by atoms with Gasteiger partial charge in [-0.3, -0.25) is 24.3 Å². The van der Waals surface area contributed by atoms with E-state index >= 15 is 0 Å². The molecule has 2 aromatic rings. The molecule has 1 aromatic heterocycles. The van der Waals surface area contributed by atoms with Crippen molar-refractivity contribution < 1.29 is 14.4 Å². The van der Waals surface area contributed by atoms with Gasteiger partial charge in [-0.15, -0.1) is 0 Å². The highest BCUT2D eigenvalue weighted by Crippen LogP contribution is 2.22. The number of benzene rings is 1. The van der Waals surface area contributed by atoms with E-state index in [-0.39, 0.29) is 17.7 Å². The van der Waals surface area contributed by atoms with Crippen LogP contribution in [0.3, 0.4) is 0 Å². The first kappa shape index (κ1) is 16.8. The number of aromatic nitrogens is 1. The number of rotatable bonds is 6. The predicted molar refractivity (Wildman–Crippen MR) is 92.4 cm³/mol. The fourth-order valence-electron chi connectivity index (χ4n) is 2.74. The minimum atomic E-state index is -0.240. The second kappa shape index (κ2) is 7.25. The maximum atomic E-state index is 12.2. The zero-order chi connectivity index (χ0) is 17.8. The van der Waals surface area contributed by atoms with E-state index in [0.717, 1.165) is 5.69 Å². The third kappa shape index (κ3) is 3.57. The van der Waals surface area contributed by atoms with Gasteiger partial charge in [0.2, 0.25) is 0 Å². The van der Waals surface area contributed by atoms with Gasteiger partial charge in [0.25, 0.3) is 17.7 Å². The molecule has 2 heterocycles. The monoisotopic (exact) mass is 337 g/mol. The molecule has 1 N–H and O–H groups in total. The zero-order valence-electron chi connectivity index (χ0n) is 14.0. The third-order valence-corrected chi connectivity index (χ3v) is 4.15. The fraction of sp³-hybridized carbons (Fsp3) is 0.263. The number of hydrogen-bond acceptors (Lipinski definition) is 4. The molecule has 0 spiro atoms. The number of hydrogen-bond donors (Lipinski definition) is 1. The van der Waals surface area contributed by atoms with E-state index in [9.17, 15) is 14.4 Å². The molecule has 3 amide bonds. The van der Waals surface area contributed by atoms with E-state index in [1.807, 2.05) is 6.92 Å². The summed E-state index contributed by atoms with van der Waals surface area (Å²) in [6.45, 7) is 2.70. The molecule has 6 heteroatoms. The Hall–Kier alpha value is -3.02. The van der Waals surface area contributed by atoms with E-state index in [2.05, 4.69) is 10.3 Å². The largest absolute Gasteiger partial charge is 0.352 e. The summed E-state index contributed by atoms with van der Waals surface area (Å²) < 4.78 is 0. The summed E-state index contributed by atoms with van der Waals surface area (Å²) in [5.74, 6) is -0.654. The molecular weight excluding hydrogens is 318 g/mol. The van der Waals surface area contributed by atoms with Crippen LogP contribution in [0.4, 0.5) is 0 Å². The highest BCUT2D eigenvalue weighted by atomic mass is 16.2. The van der Waals surface area contributed by atoms with Crippen LogP contribution in [0.5, 0.6) is 0 Å². The minimum Gasteiger partial charge on any atom is -0.352 e. The third-order valence-electron chi connectivity index (χ3n) is 4.15. The Bertz CT molecular complexity index is 780. The molecule has 0 saturated carbocycles. The zero-order valence-corrected chi connectivity index (χ0v) is 14.0. The number of pyridine rings is 1. The van der Waals surface area contributed by atoms with Gasteiger partial charge in [-0.1, -0.05) is 12.1 Å². The number of imide groups is 1. The van der Waals surface area contributed by atoms with Gasteiger partial charge in [-0.05, 0) is 44.0 Å². The molecule has 1 aromatic carbocycles. The lowest BCUT2D eigenvalue weighted by molar-refractivity contribution is 0.0650. The minimum absolute atomic E-state index is 0.173. The van der Waals surface area contributed by atoms with Crippen LogP contribution < -0.4 is 5.32 Å². The summed E-state index contributed by atoms with van der Waals surface area (Å²) in [5, 5.41) is 2.82. The lowest BCUT2D eigenvalue weighted by Gasteiger charge is -2.13. The van der Waals surface area contributed by atoms with Crippen LogP contribution in [0, 0.1) is 6.92 Å². The van der Waals surface area contributed by atoms with Crippen LogP contribution in [0.25, 0.3) is 0 Å². The van der Waals surface area contributed by atoms with Crippen LogP contribution in [0.1, 0.15) is 49.6 Å². The maximum absolute atomic E-state index is 12.2. The summed E-state index contributed by atoms with van der Waals surface area (Å²) in [6.07, 6.45) is 2.86. The molecule has 6 nitrogen and oxygen atoms in total. The summed E-state index contributed by atoms with van der Waals surface area (Å²) >= 11 is 0. The second-order valence-corrected chi connectivity index (χ2v) is 5.96. The Labute approximate surface area is 145 Å². The molecule has 0 aliphatic carbocycles. The van der Waals surface area contributed by atoms with Crippen molar-refractivity contribution in [1.82, 2.24) is 15.2 Å². The highest BCUT2D eigenvalue weighted by Gasteiger charge is 2.34. The molecule has 0 atom stereocenters. The van der Waals surface area contributed by atoms with Gasteiger partial charge in [-0.25, -0.2) is 0 Å². The standard InChI is InChI=1S/C19H19N3O3/c1-13-8-9-14(12-21-13)17(23)20-10-4-5-11-22-18(24)15-6-2-3-7-16(15)19(22)25/h2-3,6-9,12H,4-5,10-11H2,1H3,(H,20,23). The predicted octanol–water partition coefficient (Wildman–Crippen LogP) is 2.20. The Morgan fingerprint density at radius 1 is 1.04 bits per heavy atom. The quantitative estimate of drug-likeness (QED) is 0.647. The van der Waals surface area contributed by atoms with E-state index in [1.165, 1.54) is 4.90 Å². The smallest absolute Gasteiger partial charge is 0.261 e. The molecule has 25 heavy (non-hydrogen) atoms. The number of unbranched alkanes of at least 4 members (excludes halogenated alkanes) is 1. The number of fused-ring (bicyclic) bond motifs is 1. The topological polar surface area (TPSA) is 79.4 Å². The first-order valence-electron chi connectivity index (χ1n) is 8.24. The number of carbonyl (C=O) groups excluding carboxylic acids is 3. The van der Waals surface area contributed by atoms with E-state index in [0.29, 0.717) is 42.6 Å². The van der Waals surface area contributed by atoms with Crippen LogP contribution >= 0.6 is 0 Å². The lowest BCUT2D eigenvalue weighted by Crippen LogP contribution is -2.31. The number of carbonyl (C=O) groups is 3. The summed E-state index contributed by atoms with van der Waals surface area (Å²) in [4.78, 5) is 41.8. The van der Waals surface area contributed by atoms with E-state index in [1.54, 1.807) is 42.6 Å². The Morgan fingerprint density at radius 3 is 2.32 bits per heavy atom. The first-order valence-corrected chi connectivity index (χ1v) is 8.24.